The van der Waals surface area contributed by atoms with Crippen molar-refractivity contribution in [2.75, 3.05) is 13.6 Å². The lowest BCUT2D eigenvalue weighted by molar-refractivity contribution is -0.121. The largest absolute Gasteiger partial charge is 0.350 e. The van der Waals surface area contributed by atoms with E-state index in [4.69, 9.17) is 0 Å². The molecule has 0 saturated carbocycles. The van der Waals surface area contributed by atoms with Crippen LogP contribution in [0, 0.1) is 6.92 Å². The van der Waals surface area contributed by atoms with E-state index in [2.05, 4.69) is 29.7 Å². The summed E-state index contributed by atoms with van der Waals surface area (Å²) >= 11 is 0. The van der Waals surface area contributed by atoms with Gasteiger partial charge in [0, 0.05) is 13.0 Å². The number of hydrogen-bond donors (Lipinski definition) is 2. The fraction of sp³-hybridized carbons (Fsp3) is 0.462. The fourth-order valence-corrected chi connectivity index (χ4v) is 1.70. The van der Waals surface area contributed by atoms with Crippen molar-refractivity contribution in [2.24, 2.45) is 0 Å². The van der Waals surface area contributed by atoms with Crippen LogP contribution in [0.25, 0.3) is 0 Å². The van der Waals surface area contributed by atoms with Gasteiger partial charge in [0.2, 0.25) is 5.91 Å². The molecule has 0 heterocycles. The SMILES string of the molecule is CNCCC(=O)N[C@@H](C)c1ccccc1C. The summed E-state index contributed by atoms with van der Waals surface area (Å²) in [5, 5.41) is 5.96. The molecule has 1 atom stereocenters. The number of rotatable bonds is 5. The molecule has 0 saturated heterocycles. The number of carbonyl (C=O) groups is 1. The van der Waals surface area contributed by atoms with Gasteiger partial charge in [-0.05, 0) is 32.0 Å². The monoisotopic (exact) mass is 220 g/mol. The molecule has 0 aliphatic heterocycles. The first-order valence-corrected chi connectivity index (χ1v) is 5.64. The Hall–Kier alpha value is -1.35. The highest BCUT2D eigenvalue weighted by atomic mass is 16.1. The highest BCUT2D eigenvalue weighted by Gasteiger charge is 2.10. The molecule has 3 nitrogen and oxygen atoms in total. The Kier molecular flexibility index (Phi) is 4.99. The second kappa shape index (κ2) is 6.28. The Bertz CT molecular complexity index is 350. The van der Waals surface area contributed by atoms with Gasteiger partial charge in [0.1, 0.15) is 0 Å². The standard InChI is InChI=1S/C13H20N2O/c1-10-6-4-5-7-12(10)11(2)15-13(16)8-9-14-3/h4-7,11,14H,8-9H2,1-3H3,(H,15,16)/t11-/m0/s1. The topological polar surface area (TPSA) is 41.1 Å². The molecular formula is C13H20N2O. The summed E-state index contributed by atoms with van der Waals surface area (Å²) in [4.78, 5) is 11.5. The van der Waals surface area contributed by atoms with Crippen molar-refractivity contribution < 1.29 is 4.79 Å². The second-order valence-electron chi connectivity index (χ2n) is 4.00. The maximum Gasteiger partial charge on any atom is 0.221 e. The minimum atomic E-state index is 0.0746. The summed E-state index contributed by atoms with van der Waals surface area (Å²) in [6.07, 6.45) is 0.521. The van der Waals surface area contributed by atoms with E-state index in [1.165, 1.54) is 11.1 Å². The minimum Gasteiger partial charge on any atom is -0.350 e. The average molecular weight is 220 g/mol. The summed E-state index contributed by atoms with van der Waals surface area (Å²) in [6, 6.07) is 8.20. The van der Waals surface area contributed by atoms with Gasteiger partial charge in [-0.2, -0.15) is 0 Å². The highest BCUT2D eigenvalue weighted by Crippen LogP contribution is 2.16. The smallest absolute Gasteiger partial charge is 0.221 e. The molecule has 3 heteroatoms. The molecule has 0 unspecified atom stereocenters. The zero-order valence-corrected chi connectivity index (χ0v) is 10.2. The van der Waals surface area contributed by atoms with Crippen molar-refractivity contribution in [3.05, 3.63) is 35.4 Å². The maximum absolute atomic E-state index is 11.5. The number of carbonyl (C=O) groups excluding carboxylic acids is 1. The zero-order valence-electron chi connectivity index (χ0n) is 10.2. The van der Waals surface area contributed by atoms with E-state index < -0.39 is 0 Å². The van der Waals surface area contributed by atoms with Gasteiger partial charge in [0.15, 0.2) is 0 Å². The molecule has 0 aliphatic carbocycles. The van der Waals surface area contributed by atoms with Gasteiger partial charge in [-0.3, -0.25) is 4.79 Å². The molecule has 0 spiro atoms. The van der Waals surface area contributed by atoms with Crippen LogP contribution in [0.5, 0.6) is 0 Å². The first kappa shape index (κ1) is 12.7. The molecule has 0 radical (unpaired) electrons. The molecule has 0 aromatic heterocycles. The van der Waals surface area contributed by atoms with E-state index in [9.17, 15) is 4.79 Å². The van der Waals surface area contributed by atoms with Crippen molar-refractivity contribution in [2.45, 2.75) is 26.3 Å². The van der Waals surface area contributed by atoms with E-state index >= 15 is 0 Å². The fourth-order valence-electron chi connectivity index (χ4n) is 1.70. The van der Waals surface area contributed by atoms with Crippen LogP contribution < -0.4 is 10.6 Å². The summed E-state index contributed by atoms with van der Waals surface area (Å²) in [5.41, 5.74) is 2.39. The van der Waals surface area contributed by atoms with Crippen LogP contribution in [0.3, 0.4) is 0 Å². The van der Waals surface area contributed by atoms with Crippen LogP contribution >= 0.6 is 0 Å². The summed E-state index contributed by atoms with van der Waals surface area (Å²) in [7, 11) is 1.85. The highest BCUT2D eigenvalue weighted by molar-refractivity contribution is 5.76. The number of nitrogens with one attached hydrogen (secondary N) is 2. The molecule has 1 aromatic carbocycles. The third-order valence-electron chi connectivity index (χ3n) is 2.63. The lowest BCUT2D eigenvalue weighted by atomic mass is 10.0. The number of amides is 1. The van der Waals surface area contributed by atoms with Crippen LogP contribution in [0.4, 0.5) is 0 Å². The Balaban J connectivity index is 2.55. The van der Waals surface area contributed by atoms with Gasteiger partial charge < -0.3 is 10.6 Å². The van der Waals surface area contributed by atoms with Crippen LogP contribution in [0.15, 0.2) is 24.3 Å². The van der Waals surface area contributed by atoms with Crippen molar-refractivity contribution in [3.63, 3.8) is 0 Å². The van der Waals surface area contributed by atoms with Gasteiger partial charge >= 0.3 is 0 Å². The molecule has 0 fully saturated rings. The number of hydrogen-bond acceptors (Lipinski definition) is 2. The number of aryl methyl sites for hydroxylation is 1. The van der Waals surface area contributed by atoms with E-state index in [1.807, 2.05) is 26.1 Å². The molecule has 1 rings (SSSR count). The minimum absolute atomic E-state index is 0.0746. The Morgan fingerprint density at radius 2 is 2.06 bits per heavy atom. The van der Waals surface area contributed by atoms with Crippen molar-refractivity contribution in [1.29, 1.82) is 0 Å². The molecule has 88 valence electrons. The molecule has 2 N–H and O–H groups in total. The van der Waals surface area contributed by atoms with E-state index in [0.717, 1.165) is 0 Å². The second-order valence-corrected chi connectivity index (χ2v) is 4.00. The van der Waals surface area contributed by atoms with E-state index in [1.54, 1.807) is 0 Å². The quantitative estimate of drug-likeness (QED) is 0.794. The first-order chi connectivity index (χ1) is 7.65. The number of benzene rings is 1. The zero-order chi connectivity index (χ0) is 12.0. The summed E-state index contributed by atoms with van der Waals surface area (Å²) < 4.78 is 0. The van der Waals surface area contributed by atoms with Crippen LogP contribution in [0.1, 0.15) is 30.5 Å². The average Bonchev–Trinajstić information content (AvgIpc) is 2.26. The third kappa shape index (κ3) is 3.66. The predicted molar refractivity (Wildman–Crippen MR) is 66.3 cm³/mol. The first-order valence-electron chi connectivity index (χ1n) is 5.64. The van der Waals surface area contributed by atoms with Crippen LogP contribution in [-0.2, 0) is 4.79 Å². The third-order valence-corrected chi connectivity index (χ3v) is 2.63. The van der Waals surface area contributed by atoms with Crippen molar-refractivity contribution in [3.8, 4) is 0 Å². The normalized spacial score (nSPS) is 12.2. The molecule has 0 bridgehead atoms. The van der Waals surface area contributed by atoms with Gasteiger partial charge in [-0.15, -0.1) is 0 Å². The molecule has 1 aromatic rings. The van der Waals surface area contributed by atoms with Crippen molar-refractivity contribution >= 4 is 5.91 Å². The predicted octanol–water partition coefficient (Wildman–Crippen LogP) is 1.78. The van der Waals surface area contributed by atoms with E-state index in [-0.39, 0.29) is 11.9 Å². The molecular weight excluding hydrogens is 200 g/mol. The van der Waals surface area contributed by atoms with Gasteiger partial charge in [-0.25, -0.2) is 0 Å². The van der Waals surface area contributed by atoms with E-state index in [0.29, 0.717) is 13.0 Å². The van der Waals surface area contributed by atoms with Gasteiger partial charge in [0.25, 0.3) is 0 Å². The summed E-state index contributed by atoms with van der Waals surface area (Å²) in [5.74, 6) is 0.0881. The molecule has 0 aliphatic rings. The molecule has 16 heavy (non-hydrogen) atoms. The summed E-state index contributed by atoms with van der Waals surface area (Å²) in [6.45, 7) is 4.79. The van der Waals surface area contributed by atoms with Gasteiger partial charge in [0.05, 0.1) is 6.04 Å². The van der Waals surface area contributed by atoms with Gasteiger partial charge in [-0.1, -0.05) is 24.3 Å². The maximum atomic E-state index is 11.5. The Labute approximate surface area is 97.2 Å². The lowest BCUT2D eigenvalue weighted by Crippen LogP contribution is -2.29. The van der Waals surface area contributed by atoms with Crippen LogP contribution in [-0.4, -0.2) is 19.5 Å². The Morgan fingerprint density at radius 3 is 2.69 bits per heavy atom. The lowest BCUT2D eigenvalue weighted by Gasteiger charge is -2.16. The molecule has 1 amide bonds. The van der Waals surface area contributed by atoms with Crippen molar-refractivity contribution in [1.82, 2.24) is 10.6 Å². The Morgan fingerprint density at radius 1 is 1.38 bits per heavy atom. The van der Waals surface area contributed by atoms with Crippen LogP contribution in [0.2, 0.25) is 0 Å².